The van der Waals surface area contributed by atoms with Gasteiger partial charge < -0.3 is 9.80 Å². The van der Waals surface area contributed by atoms with Crippen molar-refractivity contribution in [2.45, 2.75) is 31.7 Å². The Hall–Kier alpha value is -1.91. The minimum Gasteiger partial charge on any atom is -0.342 e. The van der Waals surface area contributed by atoms with Crippen molar-refractivity contribution in [3.8, 4) is 0 Å². The van der Waals surface area contributed by atoms with Crippen molar-refractivity contribution in [1.82, 2.24) is 9.80 Å². The first-order valence-electron chi connectivity index (χ1n) is 7.88. The summed E-state index contributed by atoms with van der Waals surface area (Å²) in [7, 11) is 1.67. The van der Waals surface area contributed by atoms with Crippen LogP contribution < -0.4 is 0 Å². The molecule has 0 N–H and O–H groups in total. The van der Waals surface area contributed by atoms with Gasteiger partial charge in [-0.25, -0.2) is 4.39 Å². The fraction of sp³-hybridized carbons (Fsp3) is 0.529. The molecule has 5 heteroatoms. The minimum absolute atomic E-state index is 0.0290. The largest absolute Gasteiger partial charge is 0.342 e. The van der Waals surface area contributed by atoms with E-state index in [0.717, 1.165) is 25.9 Å². The molecule has 2 atom stereocenters. The molecule has 0 spiro atoms. The highest BCUT2D eigenvalue weighted by atomic mass is 19.1. The fourth-order valence-electron chi connectivity index (χ4n) is 3.61. The Morgan fingerprint density at radius 1 is 1.23 bits per heavy atom. The quantitative estimate of drug-likeness (QED) is 0.841. The maximum Gasteiger partial charge on any atom is 0.228 e. The van der Waals surface area contributed by atoms with Crippen LogP contribution in [-0.2, 0) is 9.59 Å². The lowest BCUT2D eigenvalue weighted by molar-refractivity contribution is -0.146. The summed E-state index contributed by atoms with van der Waals surface area (Å²) < 4.78 is 14.2. The predicted molar refractivity (Wildman–Crippen MR) is 80.4 cm³/mol. The van der Waals surface area contributed by atoms with E-state index >= 15 is 0 Å². The molecule has 2 saturated heterocycles. The van der Waals surface area contributed by atoms with E-state index in [0.29, 0.717) is 18.4 Å². The number of amides is 2. The second-order valence-corrected chi connectivity index (χ2v) is 6.15. The number of piperidine rings is 1. The first-order chi connectivity index (χ1) is 10.6. The van der Waals surface area contributed by atoms with Crippen molar-refractivity contribution in [2.24, 2.45) is 5.92 Å². The van der Waals surface area contributed by atoms with Crippen LogP contribution in [0.15, 0.2) is 24.3 Å². The summed E-state index contributed by atoms with van der Waals surface area (Å²) in [5.74, 6) is -0.671. The number of nitrogens with zero attached hydrogens (tertiary/aromatic N) is 2. The summed E-state index contributed by atoms with van der Waals surface area (Å²) in [4.78, 5) is 28.3. The zero-order chi connectivity index (χ0) is 15.7. The molecule has 118 valence electrons. The van der Waals surface area contributed by atoms with Gasteiger partial charge in [0, 0.05) is 32.1 Å². The molecule has 0 aliphatic carbocycles. The Bertz CT molecular complexity index is 584. The van der Waals surface area contributed by atoms with Gasteiger partial charge in [0.05, 0.1) is 12.0 Å². The molecule has 1 aromatic rings. The Morgan fingerprint density at radius 2 is 1.91 bits per heavy atom. The maximum atomic E-state index is 14.2. The van der Waals surface area contributed by atoms with Crippen molar-refractivity contribution < 1.29 is 14.0 Å². The second kappa shape index (κ2) is 6.07. The Balaban J connectivity index is 1.94. The monoisotopic (exact) mass is 304 g/mol. The molecule has 4 nitrogen and oxygen atoms in total. The third-order valence-corrected chi connectivity index (χ3v) is 4.82. The van der Waals surface area contributed by atoms with Gasteiger partial charge in [0.15, 0.2) is 0 Å². The van der Waals surface area contributed by atoms with Gasteiger partial charge >= 0.3 is 0 Å². The average Bonchev–Trinajstić information content (AvgIpc) is 3.04. The van der Waals surface area contributed by atoms with Crippen LogP contribution in [0.25, 0.3) is 0 Å². The molecule has 2 heterocycles. The van der Waals surface area contributed by atoms with E-state index < -0.39 is 6.04 Å². The maximum absolute atomic E-state index is 14.2. The molecule has 1 aromatic carbocycles. The highest BCUT2D eigenvalue weighted by Crippen LogP contribution is 2.38. The molecule has 2 amide bonds. The molecular weight excluding hydrogens is 283 g/mol. The lowest BCUT2D eigenvalue weighted by atomic mass is 9.83. The van der Waals surface area contributed by atoms with E-state index in [-0.39, 0.29) is 23.5 Å². The van der Waals surface area contributed by atoms with E-state index in [1.807, 2.05) is 4.90 Å². The summed E-state index contributed by atoms with van der Waals surface area (Å²) in [6, 6.07) is 5.94. The van der Waals surface area contributed by atoms with Crippen LogP contribution in [0.2, 0.25) is 0 Å². The number of carbonyl (C=O) groups is 2. The standard InChI is InChI=1S/C17H21FN2O2/c1-19-15(21)9-8-13(17(22)20-10-4-5-11-20)16(19)12-6-2-3-7-14(12)18/h2-3,6-7,13,16H,4-5,8-11H2,1H3/t13-,16+/m1/s1. The van der Waals surface area contributed by atoms with E-state index in [9.17, 15) is 14.0 Å². The second-order valence-electron chi connectivity index (χ2n) is 6.15. The lowest BCUT2D eigenvalue weighted by Gasteiger charge is -2.40. The van der Waals surface area contributed by atoms with Gasteiger partial charge in [0.2, 0.25) is 11.8 Å². The zero-order valence-corrected chi connectivity index (χ0v) is 12.8. The van der Waals surface area contributed by atoms with Crippen LogP contribution in [0.3, 0.4) is 0 Å². The van der Waals surface area contributed by atoms with E-state index in [2.05, 4.69) is 0 Å². The smallest absolute Gasteiger partial charge is 0.228 e. The normalized spacial score (nSPS) is 25.6. The van der Waals surface area contributed by atoms with Crippen molar-refractivity contribution in [3.05, 3.63) is 35.6 Å². The highest BCUT2D eigenvalue weighted by Gasteiger charge is 2.41. The number of halogens is 1. The Morgan fingerprint density at radius 3 is 2.59 bits per heavy atom. The number of likely N-dealkylation sites (tertiary alicyclic amines) is 2. The van der Waals surface area contributed by atoms with Crippen molar-refractivity contribution in [2.75, 3.05) is 20.1 Å². The summed E-state index contributed by atoms with van der Waals surface area (Å²) in [5.41, 5.74) is 0.440. The van der Waals surface area contributed by atoms with E-state index in [1.54, 1.807) is 30.1 Å². The van der Waals surface area contributed by atoms with E-state index in [4.69, 9.17) is 0 Å². The van der Waals surface area contributed by atoms with Crippen molar-refractivity contribution >= 4 is 11.8 Å². The molecule has 2 aliphatic heterocycles. The third-order valence-electron chi connectivity index (χ3n) is 4.82. The van der Waals surface area contributed by atoms with Crippen LogP contribution in [0.5, 0.6) is 0 Å². The van der Waals surface area contributed by atoms with Crippen LogP contribution in [0, 0.1) is 11.7 Å². The predicted octanol–water partition coefficient (Wildman–Crippen LogP) is 2.36. The topological polar surface area (TPSA) is 40.6 Å². The van der Waals surface area contributed by atoms with Gasteiger partial charge in [-0.2, -0.15) is 0 Å². The van der Waals surface area contributed by atoms with E-state index in [1.165, 1.54) is 6.07 Å². The summed E-state index contributed by atoms with van der Waals surface area (Å²) in [6.07, 6.45) is 2.90. The van der Waals surface area contributed by atoms with Crippen molar-refractivity contribution in [1.29, 1.82) is 0 Å². The summed E-state index contributed by atoms with van der Waals surface area (Å²) in [5, 5.41) is 0. The van der Waals surface area contributed by atoms with Gasteiger partial charge in [-0.3, -0.25) is 9.59 Å². The molecule has 2 fully saturated rings. The molecule has 0 unspecified atom stereocenters. The minimum atomic E-state index is -0.504. The van der Waals surface area contributed by atoms with Crippen LogP contribution in [0.4, 0.5) is 4.39 Å². The van der Waals surface area contributed by atoms with Crippen LogP contribution >= 0.6 is 0 Å². The number of carbonyl (C=O) groups excluding carboxylic acids is 2. The molecule has 0 saturated carbocycles. The number of benzene rings is 1. The van der Waals surface area contributed by atoms with Crippen molar-refractivity contribution in [3.63, 3.8) is 0 Å². The van der Waals surface area contributed by atoms with Crippen LogP contribution in [-0.4, -0.2) is 41.8 Å². The van der Waals surface area contributed by atoms with Crippen LogP contribution in [0.1, 0.15) is 37.3 Å². The molecule has 22 heavy (non-hydrogen) atoms. The molecule has 3 rings (SSSR count). The molecule has 2 aliphatic rings. The van der Waals surface area contributed by atoms with Gasteiger partial charge in [-0.1, -0.05) is 18.2 Å². The number of rotatable bonds is 2. The van der Waals surface area contributed by atoms with Gasteiger partial charge in [-0.15, -0.1) is 0 Å². The first kappa shape index (κ1) is 15.0. The van der Waals surface area contributed by atoms with Gasteiger partial charge in [-0.05, 0) is 25.3 Å². The summed E-state index contributed by atoms with van der Waals surface area (Å²) >= 11 is 0. The number of hydrogen-bond donors (Lipinski definition) is 0. The average molecular weight is 304 g/mol. The lowest BCUT2D eigenvalue weighted by Crippen LogP contribution is -2.47. The fourth-order valence-corrected chi connectivity index (χ4v) is 3.61. The third kappa shape index (κ3) is 2.60. The van der Waals surface area contributed by atoms with Gasteiger partial charge in [0.25, 0.3) is 0 Å². The zero-order valence-electron chi connectivity index (χ0n) is 12.8. The van der Waals surface area contributed by atoms with Gasteiger partial charge in [0.1, 0.15) is 5.82 Å². The Labute approximate surface area is 129 Å². The number of hydrogen-bond acceptors (Lipinski definition) is 2. The highest BCUT2D eigenvalue weighted by molar-refractivity contribution is 5.85. The Kier molecular flexibility index (Phi) is 4.14. The summed E-state index contributed by atoms with van der Waals surface area (Å²) in [6.45, 7) is 1.55. The first-order valence-corrected chi connectivity index (χ1v) is 7.88. The molecule has 0 radical (unpaired) electrons. The molecule has 0 aromatic heterocycles. The molecule has 0 bridgehead atoms. The molecular formula is C17H21FN2O2. The SMILES string of the molecule is CN1C(=O)CC[C@@H](C(=O)N2CCCC2)[C@@H]1c1ccccc1F.